The Bertz CT molecular complexity index is 108. The molecule has 0 rings (SSSR count). The van der Waals surface area contributed by atoms with Crippen LogP contribution in [0, 0.1) is 0 Å². The molecule has 2 N–H and O–H groups in total. The molecule has 0 aliphatic carbocycles. The third kappa shape index (κ3) is 4710. The molecule has 6 heteroatoms. The molecule has 0 spiro atoms. The summed E-state index contributed by atoms with van der Waals surface area (Å²) in [6.07, 6.45) is 0. The predicted octanol–water partition coefficient (Wildman–Crippen LogP) is -2.53. The van der Waals surface area contributed by atoms with E-state index in [9.17, 15) is 0 Å². The van der Waals surface area contributed by atoms with Gasteiger partial charge in [-0.25, -0.2) is 0 Å². The Morgan fingerprint density at radius 2 is 1.25 bits per heavy atom. The highest BCUT2D eigenvalue weighted by Crippen LogP contribution is 1.57. The van der Waals surface area contributed by atoms with Gasteiger partial charge in [0, 0.05) is 10.4 Å². The molecule has 5 nitrogen and oxygen atoms in total. The van der Waals surface area contributed by atoms with Gasteiger partial charge in [0.05, 0.1) is 14.1 Å². The number of rotatable bonds is 0. The maximum Gasteiger partial charge on any atom is 0.0647 e. The summed E-state index contributed by atoms with van der Waals surface area (Å²) >= 11 is 0. The first-order chi connectivity index (χ1) is 3.41. The third-order valence-corrected chi connectivity index (χ3v) is 0. The molecule has 0 aliphatic heterocycles. The Morgan fingerprint density at radius 3 is 1.25 bits per heavy atom. The van der Waals surface area contributed by atoms with E-state index in [0.29, 0.717) is 0 Å². The van der Waals surface area contributed by atoms with Gasteiger partial charge in [-0.3, -0.25) is 8.42 Å². The van der Waals surface area contributed by atoms with E-state index in [0.717, 1.165) is 0 Å². The molecule has 0 atom stereocenters. The molecule has 0 radical (unpaired) electrons. The lowest BCUT2D eigenvalue weighted by Crippen LogP contribution is -2.74. The fourth-order valence-corrected chi connectivity index (χ4v) is 0. The van der Waals surface area contributed by atoms with Crippen molar-refractivity contribution in [3.63, 3.8) is 0 Å². The van der Waals surface area contributed by atoms with Crippen LogP contribution in [0.25, 0.3) is 0 Å². The third-order valence-electron chi connectivity index (χ3n) is 0. The van der Waals surface area contributed by atoms with Crippen molar-refractivity contribution in [2.45, 2.75) is 0 Å². The van der Waals surface area contributed by atoms with Crippen LogP contribution in [0.4, 0.5) is 0 Å². The summed E-state index contributed by atoms with van der Waals surface area (Å²) in [5, 5.41) is 2.00. The van der Waals surface area contributed by atoms with Gasteiger partial charge in [-0.05, 0) is 0 Å². The lowest BCUT2D eigenvalue weighted by atomic mass is 11.3. The number of quaternary nitrogens is 1. The second kappa shape index (κ2) is 4.98. The van der Waals surface area contributed by atoms with Gasteiger partial charge in [-0.2, -0.15) is 0 Å². The smallest absolute Gasteiger partial charge is 0.0647 e. The predicted molar refractivity (Wildman–Crippen MR) is 24.2 cm³/mol. The maximum atomic E-state index is 8.52. The summed E-state index contributed by atoms with van der Waals surface area (Å²) in [7, 11) is -1.17. The van der Waals surface area contributed by atoms with Crippen molar-refractivity contribution in [1.82, 2.24) is 0 Å². The molecule has 0 bridgehead atoms. The minimum absolute atomic E-state index is 2.00. The summed E-state index contributed by atoms with van der Waals surface area (Å²) in [6.45, 7) is 0. The van der Waals surface area contributed by atoms with Crippen molar-refractivity contribution in [2.75, 3.05) is 14.1 Å². The van der Waals surface area contributed by atoms with E-state index < -0.39 is 10.4 Å². The highest BCUT2D eigenvalue weighted by atomic mass is 32.3. The van der Waals surface area contributed by atoms with Gasteiger partial charge >= 0.3 is 0 Å². The Kier molecular flexibility index (Phi) is 6.68. The monoisotopic (exact) mass is 142 g/mol. The van der Waals surface area contributed by atoms with E-state index in [2.05, 4.69) is 0 Å². The highest BCUT2D eigenvalue weighted by molar-refractivity contribution is 7.79. The van der Waals surface area contributed by atoms with Crippen molar-refractivity contribution in [3.8, 4) is 0 Å². The minimum Gasteiger partial charge on any atom is -0.759 e. The lowest BCUT2D eigenvalue weighted by molar-refractivity contribution is -0.597. The molecular weight excluding hydrogens is 134 g/mol. The van der Waals surface area contributed by atoms with Crippen molar-refractivity contribution in [3.05, 3.63) is 0 Å². The molecule has 0 amide bonds. The molecule has 8 heavy (non-hydrogen) atoms. The maximum absolute atomic E-state index is 8.52. The first kappa shape index (κ1) is 10.7. The van der Waals surface area contributed by atoms with E-state index in [1.54, 1.807) is 0 Å². The van der Waals surface area contributed by atoms with Gasteiger partial charge in [-0.1, -0.05) is 0 Å². The van der Waals surface area contributed by atoms with Crippen LogP contribution in [0.15, 0.2) is 0 Å². The van der Waals surface area contributed by atoms with E-state index in [1.165, 1.54) is 0 Å². The molecule has 0 aromatic heterocycles. The molecule has 0 unspecified atom stereocenters. The standard InChI is InChI=1S/C2H7N.H2O4S/c1-3-2;1-5(2,3)4/h3H,1-2H3;(H2,1,2,3,4)/p-1. The molecule has 52 valence electrons. The van der Waals surface area contributed by atoms with E-state index in [1.807, 2.05) is 19.4 Å². The molecular formula is C2H8NO4S-. The van der Waals surface area contributed by atoms with E-state index in [-0.39, 0.29) is 0 Å². The van der Waals surface area contributed by atoms with Gasteiger partial charge in [0.1, 0.15) is 0 Å². The zero-order valence-corrected chi connectivity index (χ0v) is 5.44. The molecule has 0 fully saturated rings. The SMILES string of the molecule is C[NH2+]C.O=S(=O)([O-])[O-]. The van der Waals surface area contributed by atoms with Crippen LogP contribution < -0.4 is 5.32 Å². The van der Waals surface area contributed by atoms with E-state index in [4.69, 9.17) is 17.5 Å². The fraction of sp³-hybridized carbons (Fsp3) is 1.00. The van der Waals surface area contributed by atoms with Gasteiger partial charge in [-0.15, -0.1) is 0 Å². The molecule has 0 saturated heterocycles. The average Bonchev–Trinajstić information content (AvgIpc) is 1.27. The van der Waals surface area contributed by atoms with Crippen LogP contribution in [-0.4, -0.2) is 31.6 Å². The van der Waals surface area contributed by atoms with Crippen LogP contribution in [-0.2, 0) is 10.4 Å². The summed E-state index contributed by atoms with van der Waals surface area (Å²) in [5.41, 5.74) is 0. The summed E-state index contributed by atoms with van der Waals surface area (Å²) in [5.74, 6) is 0. The second-order valence-electron chi connectivity index (χ2n) is 0.986. The zero-order chi connectivity index (χ0) is 7.21. The highest BCUT2D eigenvalue weighted by Gasteiger charge is 1.49. The lowest BCUT2D eigenvalue weighted by Gasteiger charge is -2.06. The van der Waals surface area contributed by atoms with Crippen LogP contribution >= 0.6 is 0 Å². The second-order valence-corrected chi connectivity index (χ2v) is 1.80. The Labute approximate surface area is 48.3 Å². The Balaban J connectivity index is 0. The average molecular weight is 142 g/mol. The summed E-state index contributed by atoms with van der Waals surface area (Å²) in [6, 6.07) is 0. The number of hydrogen-bond donors (Lipinski definition) is 1. The Hall–Kier alpha value is -0.170. The molecule has 0 aliphatic rings. The minimum atomic E-state index is -5.17. The molecule has 0 aromatic rings. The number of nitrogens with two attached hydrogens (primary N) is 1. The van der Waals surface area contributed by atoms with Gasteiger partial charge in [0.25, 0.3) is 0 Å². The summed E-state index contributed by atoms with van der Waals surface area (Å²) in [4.78, 5) is 0. The quantitative estimate of drug-likeness (QED) is 0.298. The van der Waals surface area contributed by atoms with Gasteiger partial charge < -0.3 is 14.4 Å². The van der Waals surface area contributed by atoms with E-state index >= 15 is 0 Å². The fourth-order valence-electron chi connectivity index (χ4n) is 0. The molecule has 0 heterocycles. The first-order valence-electron chi connectivity index (χ1n) is 1.82. The normalized spacial score (nSPS) is 9.50. The Morgan fingerprint density at radius 1 is 1.25 bits per heavy atom. The van der Waals surface area contributed by atoms with Crippen molar-refractivity contribution < 1.29 is 22.8 Å². The van der Waals surface area contributed by atoms with Crippen molar-refractivity contribution >= 4 is 10.4 Å². The largest absolute Gasteiger partial charge is 0.759 e. The van der Waals surface area contributed by atoms with Crippen molar-refractivity contribution in [2.24, 2.45) is 0 Å². The van der Waals surface area contributed by atoms with Crippen LogP contribution in [0.3, 0.4) is 0 Å². The number of hydrogen-bond acceptors (Lipinski definition) is 4. The topological polar surface area (TPSA) is 96.9 Å². The summed E-state index contributed by atoms with van der Waals surface area (Å²) < 4.78 is 34.1. The van der Waals surface area contributed by atoms with Crippen LogP contribution in [0.5, 0.6) is 0 Å². The van der Waals surface area contributed by atoms with Gasteiger partial charge in [0.2, 0.25) is 0 Å². The van der Waals surface area contributed by atoms with Crippen molar-refractivity contribution in [1.29, 1.82) is 0 Å². The van der Waals surface area contributed by atoms with Gasteiger partial charge in [0.15, 0.2) is 0 Å². The zero-order valence-electron chi connectivity index (χ0n) is 4.62. The van der Waals surface area contributed by atoms with Crippen LogP contribution in [0.2, 0.25) is 0 Å². The molecule has 0 aromatic carbocycles. The van der Waals surface area contributed by atoms with Crippen LogP contribution in [0.1, 0.15) is 0 Å². The molecule has 0 saturated carbocycles. The first-order valence-corrected chi connectivity index (χ1v) is 3.15.